The molecule has 0 bridgehead atoms. The predicted molar refractivity (Wildman–Crippen MR) is 201 cm³/mol. The van der Waals surface area contributed by atoms with E-state index < -0.39 is 17.5 Å². The Balaban J connectivity index is 1.06. The molecule has 2 N–H and O–H groups in total. The Morgan fingerprint density at radius 1 is 1.12 bits per heavy atom. The summed E-state index contributed by atoms with van der Waals surface area (Å²) in [6, 6.07) is 18.6. The van der Waals surface area contributed by atoms with Gasteiger partial charge in [0.1, 0.15) is 24.1 Å². The number of fused-ring (bicyclic) bond motifs is 1. The molecule has 268 valence electrons. The number of anilines is 2. The Hall–Kier alpha value is -5.10. The lowest BCUT2D eigenvalue weighted by molar-refractivity contribution is -0.142. The number of carbonyl (C=O) groups is 1. The Bertz CT molecular complexity index is 2200. The number of hydrogen-bond donors (Lipinski definition) is 2. The maximum atomic E-state index is 14.7. The minimum Gasteiger partial charge on any atom is -0.473 e. The number of aromatic nitrogens is 3. The van der Waals surface area contributed by atoms with Crippen LogP contribution in [0.15, 0.2) is 79.4 Å². The van der Waals surface area contributed by atoms with Gasteiger partial charge in [0.25, 0.3) is 5.91 Å². The highest BCUT2D eigenvalue weighted by molar-refractivity contribution is 6.30. The summed E-state index contributed by atoms with van der Waals surface area (Å²) in [7, 11) is 1.62. The van der Waals surface area contributed by atoms with Crippen LogP contribution in [-0.4, -0.2) is 57.7 Å². The molecule has 9 nitrogen and oxygen atoms in total. The molecule has 1 saturated heterocycles. The summed E-state index contributed by atoms with van der Waals surface area (Å²) in [5, 5.41) is 6.05. The van der Waals surface area contributed by atoms with Crippen LogP contribution in [0.4, 0.5) is 20.2 Å². The molecule has 2 aliphatic rings. The first kappa shape index (κ1) is 35.3. The first-order chi connectivity index (χ1) is 25.1. The summed E-state index contributed by atoms with van der Waals surface area (Å²) < 4.78 is 42.9. The second kappa shape index (κ2) is 14.9. The van der Waals surface area contributed by atoms with E-state index in [9.17, 15) is 13.6 Å². The number of halogens is 3. The fourth-order valence-electron chi connectivity index (χ4n) is 6.60. The van der Waals surface area contributed by atoms with Crippen LogP contribution in [0.3, 0.4) is 0 Å². The Morgan fingerprint density at radius 3 is 2.67 bits per heavy atom. The number of rotatable bonds is 12. The Kier molecular flexibility index (Phi) is 10.1. The van der Waals surface area contributed by atoms with Gasteiger partial charge in [-0.3, -0.25) is 9.69 Å². The number of imidazole rings is 1. The number of amides is 1. The van der Waals surface area contributed by atoms with E-state index >= 15 is 0 Å². The zero-order valence-corrected chi connectivity index (χ0v) is 29.8. The normalized spacial score (nSPS) is 17.4. The van der Waals surface area contributed by atoms with E-state index in [-0.39, 0.29) is 23.5 Å². The summed E-state index contributed by atoms with van der Waals surface area (Å²) in [6.07, 6.45) is 5.42. The van der Waals surface area contributed by atoms with Crippen LogP contribution in [0.5, 0.6) is 5.88 Å². The maximum Gasteiger partial charge on any atom is 0.255 e. The molecule has 5 aromatic rings. The molecule has 1 atom stereocenters. The largest absolute Gasteiger partial charge is 0.473 e. The molecule has 7 rings (SSSR count). The van der Waals surface area contributed by atoms with E-state index in [1.165, 1.54) is 18.2 Å². The van der Waals surface area contributed by atoms with Crippen LogP contribution in [0.25, 0.3) is 22.7 Å². The summed E-state index contributed by atoms with van der Waals surface area (Å²) in [6.45, 7) is 9.39. The van der Waals surface area contributed by atoms with Crippen LogP contribution in [0.2, 0.25) is 5.02 Å². The topological polar surface area (TPSA) is 93.5 Å². The summed E-state index contributed by atoms with van der Waals surface area (Å²) in [5.41, 5.74) is 5.28. The van der Waals surface area contributed by atoms with Crippen molar-refractivity contribution in [1.29, 1.82) is 0 Å². The molecule has 0 saturated carbocycles. The molecule has 1 amide bonds. The third kappa shape index (κ3) is 7.57. The molecule has 12 heteroatoms. The zero-order chi connectivity index (χ0) is 36.4. The number of benzene rings is 3. The summed E-state index contributed by atoms with van der Waals surface area (Å²) >= 11 is 5.88. The average molecular weight is 725 g/mol. The number of ether oxygens (including phenoxy) is 2. The molecule has 3 aromatic carbocycles. The number of nitrogens with one attached hydrogen (secondary N) is 2. The van der Waals surface area contributed by atoms with Crippen molar-refractivity contribution in [2.45, 2.75) is 45.1 Å². The zero-order valence-electron chi connectivity index (χ0n) is 29.0. The van der Waals surface area contributed by atoms with Crippen molar-refractivity contribution in [1.82, 2.24) is 19.4 Å². The lowest BCUT2D eigenvalue weighted by Crippen LogP contribution is -2.44. The van der Waals surface area contributed by atoms with Crippen molar-refractivity contribution in [3.8, 4) is 5.88 Å². The number of pyridine rings is 1. The van der Waals surface area contributed by atoms with Gasteiger partial charge in [0, 0.05) is 60.0 Å². The molecule has 0 spiro atoms. The number of hydrogen-bond acceptors (Lipinski definition) is 7. The Morgan fingerprint density at radius 2 is 1.96 bits per heavy atom. The predicted octanol–water partition coefficient (Wildman–Crippen LogP) is 8.35. The van der Waals surface area contributed by atoms with E-state index in [1.807, 2.05) is 30.3 Å². The molecular formula is C40H39ClF2N6O3. The molecule has 1 fully saturated rings. The standard InChI is InChI=1S/C40H39ClF2N6O3/c1-4-25-18-28(19-32(43)38(25)44-3)39(50)45-30-10-11-35-34(21-30)46-36(49(35)24-40(2)14-17-52-40)22-48-15-12-26(13-16-48)33-6-5-7-37(47-33)51-23-27-8-9-29(41)20-31(27)42/h4-12,18-21,44H,1,13-17,22-24H2,2-3H3,(H,45,50). The lowest BCUT2D eigenvalue weighted by Gasteiger charge is -2.39. The third-order valence-electron chi connectivity index (χ3n) is 9.61. The smallest absolute Gasteiger partial charge is 0.255 e. The fraction of sp³-hybridized carbons (Fsp3) is 0.275. The summed E-state index contributed by atoms with van der Waals surface area (Å²) in [4.78, 5) is 25.3. The van der Waals surface area contributed by atoms with Crippen LogP contribution >= 0.6 is 11.6 Å². The van der Waals surface area contributed by atoms with Crippen LogP contribution < -0.4 is 15.4 Å². The minimum absolute atomic E-state index is 0.0482. The van der Waals surface area contributed by atoms with Gasteiger partial charge in [-0.25, -0.2) is 18.7 Å². The summed E-state index contributed by atoms with van der Waals surface area (Å²) in [5.74, 6) is -0.0585. The van der Waals surface area contributed by atoms with E-state index in [4.69, 9.17) is 31.0 Å². The first-order valence-corrected chi connectivity index (χ1v) is 17.5. The van der Waals surface area contributed by atoms with E-state index in [0.29, 0.717) is 47.4 Å². The van der Waals surface area contributed by atoms with Crippen molar-refractivity contribution >= 4 is 51.6 Å². The lowest BCUT2D eigenvalue weighted by atomic mass is 9.97. The van der Waals surface area contributed by atoms with Crippen molar-refractivity contribution in [3.63, 3.8) is 0 Å². The second-order valence-corrected chi connectivity index (χ2v) is 13.7. The molecule has 2 aliphatic heterocycles. The molecule has 52 heavy (non-hydrogen) atoms. The Labute approximate surface area is 305 Å². The van der Waals surface area contributed by atoms with E-state index in [1.54, 1.807) is 31.3 Å². The molecule has 4 heterocycles. The van der Waals surface area contributed by atoms with E-state index in [0.717, 1.165) is 54.1 Å². The van der Waals surface area contributed by atoms with Gasteiger partial charge in [-0.05, 0) is 67.4 Å². The molecule has 1 unspecified atom stereocenters. The molecule has 0 aliphatic carbocycles. The fourth-order valence-corrected chi connectivity index (χ4v) is 6.76. The number of nitrogens with zero attached hydrogens (tertiary/aromatic N) is 4. The van der Waals surface area contributed by atoms with Gasteiger partial charge in [0.2, 0.25) is 5.88 Å². The first-order valence-electron chi connectivity index (χ1n) is 17.1. The van der Waals surface area contributed by atoms with Crippen LogP contribution in [0, 0.1) is 11.6 Å². The van der Waals surface area contributed by atoms with E-state index in [2.05, 4.69) is 39.7 Å². The van der Waals surface area contributed by atoms with Gasteiger partial charge in [-0.15, -0.1) is 0 Å². The highest BCUT2D eigenvalue weighted by atomic mass is 35.5. The molecular weight excluding hydrogens is 686 g/mol. The van der Waals surface area contributed by atoms with Crippen LogP contribution in [-0.2, 0) is 24.4 Å². The van der Waals surface area contributed by atoms with Gasteiger partial charge in [-0.1, -0.05) is 42.5 Å². The van der Waals surface area contributed by atoms with Crippen molar-refractivity contribution < 1.29 is 23.0 Å². The van der Waals surface area contributed by atoms with Crippen molar-refractivity contribution in [3.05, 3.63) is 124 Å². The average Bonchev–Trinajstić information content (AvgIpc) is 3.45. The van der Waals surface area contributed by atoms with Gasteiger partial charge in [0.15, 0.2) is 0 Å². The van der Waals surface area contributed by atoms with Crippen molar-refractivity contribution in [2.24, 2.45) is 0 Å². The van der Waals surface area contributed by atoms with Gasteiger partial charge in [-0.2, -0.15) is 0 Å². The van der Waals surface area contributed by atoms with Gasteiger partial charge in [0.05, 0.1) is 47.7 Å². The SMILES string of the molecule is C=Cc1cc(C(=O)Nc2ccc3c(c2)nc(CN2CC=C(c4cccc(OCc5ccc(Cl)cc5F)n4)CC2)n3CC2(C)CCO2)cc(F)c1NC. The van der Waals surface area contributed by atoms with Gasteiger partial charge < -0.3 is 24.7 Å². The highest BCUT2D eigenvalue weighted by Crippen LogP contribution is 2.32. The minimum atomic E-state index is -0.530. The van der Waals surface area contributed by atoms with Crippen LogP contribution in [0.1, 0.15) is 52.8 Å². The highest BCUT2D eigenvalue weighted by Gasteiger charge is 2.35. The second-order valence-electron chi connectivity index (χ2n) is 13.3. The number of carbonyl (C=O) groups excluding carboxylic acids is 1. The maximum absolute atomic E-state index is 14.7. The quantitative estimate of drug-likeness (QED) is 0.134. The van der Waals surface area contributed by atoms with Crippen molar-refractivity contribution in [2.75, 3.05) is 37.4 Å². The third-order valence-corrected chi connectivity index (χ3v) is 9.85. The molecule has 2 aromatic heterocycles. The monoisotopic (exact) mass is 724 g/mol. The van der Waals surface area contributed by atoms with Gasteiger partial charge >= 0.3 is 0 Å². The molecule has 0 radical (unpaired) electrons.